The van der Waals surface area contributed by atoms with Crippen molar-refractivity contribution < 1.29 is 27.2 Å². The number of anilines is 1. The van der Waals surface area contributed by atoms with Gasteiger partial charge in [-0.2, -0.15) is 13.2 Å². The average Bonchev–Trinajstić information content (AvgIpc) is 2.98. The summed E-state index contributed by atoms with van der Waals surface area (Å²) in [6.45, 7) is -0.0202. The third kappa shape index (κ3) is 4.49. The van der Waals surface area contributed by atoms with Crippen LogP contribution in [0.4, 0.5) is 18.9 Å². The minimum atomic E-state index is -4.67. The van der Waals surface area contributed by atoms with Crippen molar-refractivity contribution >= 4 is 29.1 Å². The highest BCUT2D eigenvalue weighted by atomic mass is 35.5. The molecule has 2 rings (SSSR count). The van der Waals surface area contributed by atoms with Crippen molar-refractivity contribution in [2.24, 2.45) is 0 Å². The lowest BCUT2D eigenvalue weighted by Crippen LogP contribution is -2.34. The van der Waals surface area contributed by atoms with Gasteiger partial charge in [0.15, 0.2) is 0 Å². The smallest absolute Gasteiger partial charge is 0.417 e. The zero-order valence-electron chi connectivity index (χ0n) is 11.4. The van der Waals surface area contributed by atoms with E-state index in [2.05, 4.69) is 10.6 Å². The number of carbonyl (C=O) groups is 2. The third-order valence-electron chi connectivity index (χ3n) is 2.74. The molecule has 122 valence electrons. The molecule has 0 saturated heterocycles. The fourth-order valence-electron chi connectivity index (χ4n) is 1.67. The van der Waals surface area contributed by atoms with Gasteiger partial charge in [-0.15, -0.1) is 0 Å². The highest BCUT2D eigenvalue weighted by Crippen LogP contribution is 2.36. The monoisotopic (exact) mass is 346 g/mol. The average molecular weight is 347 g/mol. The third-order valence-corrected chi connectivity index (χ3v) is 3.07. The van der Waals surface area contributed by atoms with Gasteiger partial charge in [-0.25, -0.2) is 0 Å². The molecule has 0 unspecified atom stereocenters. The zero-order chi connectivity index (χ0) is 17.0. The van der Waals surface area contributed by atoms with E-state index < -0.39 is 28.6 Å². The molecule has 0 spiro atoms. The van der Waals surface area contributed by atoms with E-state index in [1.807, 2.05) is 0 Å². The SMILES string of the molecule is O=C(NCc1ccco1)C(=O)Nc1ccc(Cl)c(C(F)(F)F)c1. The molecule has 0 saturated carbocycles. The first-order valence-electron chi connectivity index (χ1n) is 6.25. The van der Waals surface area contributed by atoms with Crippen molar-refractivity contribution in [3.63, 3.8) is 0 Å². The molecule has 1 heterocycles. The Balaban J connectivity index is 2.01. The molecule has 0 fully saturated rings. The first-order chi connectivity index (χ1) is 10.8. The molecule has 0 aliphatic heterocycles. The van der Waals surface area contributed by atoms with Crippen molar-refractivity contribution in [3.05, 3.63) is 52.9 Å². The Hall–Kier alpha value is -2.48. The van der Waals surface area contributed by atoms with Crippen molar-refractivity contribution in [2.75, 3.05) is 5.32 Å². The molecule has 0 bridgehead atoms. The number of alkyl halides is 3. The summed E-state index contributed by atoms with van der Waals surface area (Å²) in [6, 6.07) is 6.00. The van der Waals surface area contributed by atoms with Gasteiger partial charge >= 0.3 is 18.0 Å². The number of furan rings is 1. The van der Waals surface area contributed by atoms with E-state index in [-0.39, 0.29) is 12.2 Å². The number of hydrogen-bond donors (Lipinski definition) is 2. The number of carbonyl (C=O) groups excluding carboxylic acids is 2. The van der Waals surface area contributed by atoms with Gasteiger partial charge < -0.3 is 15.1 Å². The molecular weight excluding hydrogens is 337 g/mol. The predicted octanol–water partition coefficient (Wildman–Crippen LogP) is 3.21. The Labute approximate surface area is 133 Å². The van der Waals surface area contributed by atoms with Crippen LogP contribution in [0.3, 0.4) is 0 Å². The lowest BCUT2D eigenvalue weighted by Gasteiger charge is -2.11. The van der Waals surface area contributed by atoms with Crippen molar-refractivity contribution in [1.29, 1.82) is 0 Å². The van der Waals surface area contributed by atoms with Gasteiger partial charge in [0.1, 0.15) is 5.76 Å². The fraction of sp³-hybridized carbons (Fsp3) is 0.143. The van der Waals surface area contributed by atoms with Crippen LogP contribution in [0.1, 0.15) is 11.3 Å². The number of benzene rings is 1. The van der Waals surface area contributed by atoms with Gasteiger partial charge in [0.05, 0.1) is 23.4 Å². The first-order valence-corrected chi connectivity index (χ1v) is 6.63. The summed E-state index contributed by atoms with van der Waals surface area (Å²) in [4.78, 5) is 23.2. The van der Waals surface area contributed by atoms with Crippen LogP contribution in [0.2, 0.25) is 5.02 Å². The second-order valence-electron chi connectivity index (χ2n) is 4.41. The van der Waals surface area contributed by atoms with E-state index in [0.717, 1.165) is 12.1 Å². The molecule has 1 aromatic heterocycles. The van der Waals surface area contributed by atoms with Gasteiger partial charge in [-0.3, -0.25) is 9.59 Å². The Bertz CT molecular complexity index is 715. The number of amides is 2. The minimum Gasteiger partial charge on any atom is -0.467 e. The molecule has 2 amide bonds. The van der Waals surface area contributed by atoms with E-state index in [1.165, 1.54) is 6.26 Å². The van der Waals surface area contributed by atoms with Crippen molar-refractivity contribution in [1.82, 2.24) is 5.32 Å². The molecule has 2 N–H and O–H groups in total. The van der Waals surface area contributed by atoms with Crippen LogP contribution in [0.15, 0.2) is 41.0 Å². The summed E-state index contributed by atoms with van der Waals surface area (Å²) in [5.41, 5.74) is -1.30. The molecule has 2 aromatic rings. The molecule has 0 radical (unpaired) electrons. The molecule has 0 atom stereocenters. The molecule has 0 aliphatic carbocycles. The number of nitrogens with one attached hydrogen (secondary N) is 2. The maximum Gasteiger partial charge on any atom is 0.417 e. The van der Waals surface area contributed by atoms with Crippen LogP contribution in [-0.4, -0.2) is 11.8 Å². The molecule has 0 aliphatic rings. The maximum atomic E-state index is 12.7. The van der Waals surface area contributed by atoms with Crippen LogP contribution in [0.25, 0.3) is 0 Å². The minimum absolute atomic E-state index is 0.0202. The van der Waals surface area contributed by atoms with E-state index in [1.54, 1.807) is 12.1 Å². The highest BCUT2D eigenvalue weighted by molar-refractivity contribution is 6.39. The zero-order valence-corrected chi connectivity index (χ0v) is 12.2. The van der Waals surface area contributed by atoms with E-state index in [0.29, 0.717) is 11.8 Å². The normalized spacial score (nSPS) is 11.1. The summed E-state index contributed by atoms with van der Waals surface area (Å²) >= 11 is 5.46. The van der Waals surface area contributed by atoms with Gasteiger partial charge in [-0.1, -0.05) is 11.6 Å². The lowest BCUT2D eigenvalue weighted by atomic mass is 10.2. The second kappa shape index (κ2) is 6.74. The number of hydrogen-bond acceptors (Lipinski definition) is 3. The lowest BCUT2D eigenvalue weighted by molar-refractivity contribution is -0.137. The van der Waals surface area contributed by atoms with Gasteiger partial charge in [0.2, 0.25) is 0 Å². The Morgan fingerprint density at radius 3 is 2.52 bits per heavy atom. The fourth-order valence-corrected chi connectivity index (χ4v) is 1.89. The number of rotatable bonds is 3. The quantitative estimate of drug-likeness (QED) is 0.838. The van der Waals surface area contributed by atoms with Gasteiger partial charge in [0, 0.05) is 5.69 Å². The summed E-state index contributed by atoms with van der Waals surface area (Å²) in [5.74, 6) is -1.69. The molecule has 23 heavy (non-hydrogen) atoms. The Kier molecular flexibility index (Phi) is 4.95. The highest BCUT2D eigenvalue weighted by Gasteiger charge is 2.33. The van der Waals surface area contributed by atoms with Crippen LogP contribution < -0.4 is 10.6 Å². The summed E-state index contributed by atoms with van der Waals surface area (Å²) in [5, 5.41) is 3.84. The molecule has 5 nitrogen and oxygen atoms in total. The van der Waals surface area contributed by atoms with E-state index in [4.69, 9.17) is 16.0 Å². The molecule has 1 aromatic carbocycles. The van der Waals surface area contributed by atoms with Crippen molar-refractivity contribution in [3.8, 4) is 0 Å². The van der Waals surface area contributed by atoms with Crippen LogP contribution in [0.5, 0.6) is 0 Å². The van der Waals surface area contributed by atoms with Crippen LogP contribution >= 0.6 is 11.6 Å². The standard InChI is InChI=1S/C14H10ClF3N2O3/c15-11-4-3-8(6-10(11)14(16,17)18)20-13(22)12(21)19-7-9-2-1-5-23-9/h1-6H,7H2,(H,19,21)(H,20,22). The predicted molar refractivity (Wildman–Crippen MR) is 75.6 cm³/mol. The maximum absolute atomic E-state index is 12.7. The topological polar surface area (TPSA) is 71.3 Å². The van der Waals surface area contributed by atoms with Gasteiger partial charge in [-0.05, 0) is 30.3 Å². The second-order valence-corrected chi connectivity index (χ2v) is 4.82. The summed E-state index contributed by atoms with van der Waals surface area (Å²) < 4.78 is 43.1. The Morgan fingerprint density at radius 1 is 1.17 bits per heavy atom. The Morgan fingerprint density at radius 2 is 1.91 bits per heavy atom. The molecular formula is C14H10ClF3N2O3. The summed E-state index contributed by atoms with van der Waals surface area (Å²) in [7, 11) is 0. The van der Waals surface area contributed by atoms with Gasteiger partial charge in [0.25, 0.3) is 0 Å². The first kappa shape index (κ1) is 16.9. The van der Waals surface area contributed by atoms with Crippen molar-refractivity contribution in [2.45, 2.75) is 12.7 Å². The number of halogens is 4. The largest absolute Gasteiger partial charge is 0.467 e. The van der Waals surface area contributed by atoms with Crippen LogP contribution in [-0.2, 0) is 22.3 Å². The molecule has 9 heteroatoms. The van der Waals surface area contributed by atoms with E-state index in [9.17, 15) is 22.8 Å². The van der Waals surface area contributed by atoms with E-state index >= 15 is 0 Å². The van der Waals surface area contributed by atoms with Crippen LogP contribution in [0, 0.1) is 0 Å². The summed E-state index contributed by atoms with van der Waals surface area (Å²) in [6.07, 6.45) is -3.27.